The number of urea groups is 1. The largest absolute Gasteiger partial charge is 0.469 e. The Kier molecular flexibility index (Phi) is 5.84. The van der Waals surface area contributed by atoms with Gasteiger partial charge in [-0.1, -0.05) is 29.5 Å². The van der Waals surface area contributed by atoms with Crippen LogP contribution in [-0.4, -0.2) is 32.5 Å². The Labute approximate surface area is 166 Å². The second-order valence-corrected chi connectivity index (χ2v) is 7.31. The number of furan rings is 1. The normalized spacial score (nSPS) is 10.7. The van der Waals surface area contributed by atoms with Crippen molar-refractivity contribution in [3.8, 4) is 11.4 Å². The van der Waals surface area contributed by atoms with E-state index in [1.807, 2.05) is 52.1 Å². The van der Waals surface area contributed by atoms with Crippen molar-refractivity contribution in [2.45, 2.75) is 25.9 Å². The summed E-state index contributed by atoms with van der Waals surface area (Å²) in [6, 6.07) is 6.92. The van der Waals surface area contributed by atoms with Gasteiger partial charge in [-0.2, -0.15) is 0 Å². The number of rotatable bonds is 5. The predicted octanol–water partition coefficient (Wildman–Crippen LogP) is 3.44. The Hall–Kier alpha value is -3.07. The molecule has 0 spiro atoms. The van der Waals surface area contributed by atoms with Crippen molar-refractivity contribution in [2.75, 3.05) is 11.1 Å². The van der Waals surface area contributed by atoms with Gasteiger partial charge < -0.3 is 14.3 Å². The summed E-state index contributed by atoms with van der Waals surface area (Å²) in [6.45, 7) is 5.72. The fraction of sp³-hybridized carbons (Fsp3) is 0.263. The third kappa shape index (κ3) is 4.42. The number of nitrogens with zero attached hydrogens (tertiary/aromatic N) is 3. The molecule has 0 fully saturated rings. The molecule has 0 saturated heterocycles. The summed E-state index contributed by atoms with van der Waals surface area (Å²) in [4.78, 5) is 24.1. The lowest BCUT2D eigenvalue weighted by atomic mass is 10.1. The SMILES string of the molecule is Cc1ccc(NC(=O)NC(=O)CSc2nnc(-c3ccoc3C)n2C)c(C)c1. The number of imide groups is 1. The van der Waals surface area contributed by atoms with Crippen LogP contribution in [0.25, 0.3) is 11.4 Å². The summed E-state index contributed by atoms with van der Waals surface area (Å²) in [5.74, 6) is 1.02. The van der Waals surface area contributed by atoms with Crippen molar-refractivity contribution in [3.05, 3.63) is 47.4 Å². The summed E-state index contributed by atoms with van der Waals surface area (Å²) in [5.41, 5.74) is 3.54. The third-order valence-corrected chi connectivity index (χ3v) is 5.17. The van der Waals surface area contributed by atoms with E-state index in [4.69, 9.17) is 4.42 Å². The van der Waals surface area contributed by atoms with Gasteiger partial charge in [-0.15, -0.1) is 10.2 Å². The standard InChI is InChI=1S/C19H21N5O3S/c1-11-5-6-15(12(2)9-11)20-18(26)21-16(25)10-28-19-23-22-17(24(19)4)14-7-8-27-13(14)3/h5-9H,10H2,1-4H3,(H2,20,21,25,26). The molecule has 0 atom stereocenters. The first-order valence-corrected chi connectivity index (χ1v) is 9.58. The summed E-state index contributed by atoms with van der Waals surface area (Å²) in [6.07, 6.45) is 1.59. The van der Waals surface area contributed by atoms with Crippen LogP contribution in [-0.2, 0) is 11.8 Å². The van der Waals surface area contributed by atoms with Crippen molar-refractivity contribution >= 4 is 29.4 Å². The smallest absolute Gasteiger partial charge is 0.325 e. The molecule has 0 aliphatic rings. The molecule has 3 amide bonds. The number of carbonyl (C=O) groups excluding carboxylic acids is 2. The number of aryl methyl sites for hydroxylation is 3. The van der Waals surface area contributed by atoms with Crippen LogP contribution in [0.3, 0.4) is 0 Å². The minimum atomic E-state index is -0.565. The molecule has 2 N–H and O–H groups in total. The van der Waals surface area contributed by atoms with Crippen LogP contribution < -0.4 is 10.6 Å². The molecule has 0 bridgehead atoms. The Morgan fingerprint density at radius 2 is 1.96 bits per heavy atom. The maximum Gasteiger partial charge on any atom is 0.325 e. The zero-order chi connectivity index (χ0) is 20.3. The fourth-order valence-electron chi connectivity index (χ4n) is 2.69. The number of nitrogens with one attached hydrogen (secondary N) is 2. The van der Waals surface area contributed by atoms with Crippen LogP contribution in [0.5, 0.6) is 0 Å². The minimum Gasteiger partial charge on any atom is -0.469 e. The lowest BCUT2D eigenvalue weighted by Crippen LogP contribution is -2.35. The van der Waals surface area contributed by atoms with Gasteiger partial charge in [0.1, 0.15) is 5.76 Å². The van der Waals surface area contributed by atoms with E-state index >= 15 is 0 Å². The van der Waals surface area contributed by atoms with E-state index in [-0.39, 0.29) is 5.75 Å². The van der Waals surface area contributed by atoms with Crippen molar-refractivity contribution in [3.63, 3.8) is 0 Å². The summed E-state index contributed by atoms with van der Waals surface area (Å²) >= 11 is 1.20. The Bertz CT molecular complexity index is 1020. The van der Waals surface area contributed by atoms with Crippen LogP contribution in [0.1, 0.15) is 16.9 Å². The van der Waals surface area contributed by atoms with Crippen molar-refractivity contribution in [1.29, 1.82) is 0 Å². The Balaban J connectivity index is 1.55. The van der Waals surface area contributed by atoms with Crippen molar-refractivity contribution in [2.24, 2.45) is 7.05 Å². The van der Waals surface area contributed by atoms with E-state index in [0.717, 1.165) is 22.5 Å². The highest BCUT2D eigenvalue weighted by atomic mass is 32.2. The second kappa shape index (κ2) is 8.30. The molecule has 0 radical (unpaired) electrons. The number of hydrogen-bond donors (Lipinski definition) is 2. The molecule has 3 aromatic rings. The second-order valence-electron chi connectivity index (χ2n) is 6.37. The van der Waals surface area contributed by atoms with Crippen LogP contribution >= 0.6 is 11.8 Å². The van der Waals surface area contributed by atoms with Crippen molar-refractivity contribution < 1.29 is 14.0 Å². The van der Waals surface area contributed by atoms with E-state index < -0.39 is 11.9 Å². The molecular weight excluding hydrogens is 378 g/mol. The van der Waals surface area contributed by atoms with Crippen LogP contribution in [0.15, 0.2) is 40.1 Å². The molecule has 1 aromatic carbocycles. The van der Waals surface area contributed by atoms with E-state index in [9.17, 15) is 9.59 Å². The molecular formula is C19H21N5O3S. The first-order valence-electron chi connectivity index (χ1n) is 8.60. The summed E-state index contributed by atoms with van der Waals surface area (Å²) in [7, 11) is 1.81. The Morgan fingerprint density at radius 3 is 2.64 bits per heavy atom. The molecule has 9 heteroatoms. The molecule has 0 aliphatic carbocycles. The summed E-state index contributed by atoms with van der Waals surface area (Å²) in [5, 5.41) is 13.8. The maximum atomic E-state index is 12.1. The monoisotopic (exact) mass is 399 g/mol. The van der Waals surface area contributed by atoms with E-state index in [1.54, 1.807) is 10.8 Å². The highest BCUT2D eigenvalue weighted by Gasteiger charge is 2.16. The number of amides is 3. The van der Waals surface area contributed by atoms with Gasteiger partial charge in [0.2, 0.25) is 5.91 Å². The van der Waals surface area contributed by atoms with Crippen LogP contribution in [0.2, 0.25) is 0 Å². The lowest BCUT2D eigenvalue weighted by Gasteiger charge is -2.09. The molecule has 0 unspecified atom stereocenters. The molecule has 8 nitrogen and oxygen atoms in total. The molecule has 28 heavy (non-hydrogen) atoms. The number of aromatic nitrogens is 3. The summed E-state index contributed by atoms with van der Waals surface area (Å²) < 4.78 is 7.08. The predicted molar refractivity (Wildman–Crippen MR) is 107 cm³/mol. The fourth-order valence-corrected chi connectivity index (χ4v) is 3.40. The number of hydrogen-bond acceptors (Lipinski definition) is 6. The molecule has 3 rings (SSSR count). The maximum absolute atomic E-state index is 12.1. The highest BCUT2D eigenvalue weighted by Crippen LogP contribution is 2.25. The van der Waals surface area contributed by atoms with Gasteiger partial charge in [0.15, 0.2) is 11.0 Å². The molecule has 146 valence electrons. The first kappa shape index (κ1) is 19.7. The average molecular weight is 399 g/mol. The third-order valence-electron chi connectivity index (χ3n) is 4.15. The first-order chi connectivity index (χ1) is 13.3. The number of anilines is 1. The number of carbonyl (C=O) groups is 2. The van der Waals surface area contributed by atoms with Gasteiger partial charge in [0, 0.05) is 12.7 Å². The lowest BCUT2D eigenvalue weighted by molar-refractivity contribution is -0.117. The quantitative estimate of drug-likeness (QED) is 0.637. The molecule has 0 saturated carbocycles. The van der Waals surface area contributed by atoms with Gasteiger partial charge in [-0.05, 0) is 38.5 Å². The Morgan fingerprint density at radius 1 is 1.18 bits per heavy atom. The zero-order valence-corrected chi connectivity index (χ0v) is 16.9. The number of thioether (sulfide) groups is 1. The van der Waals surface area contributed by atoms with Gasteiger partial charge in [-0.3, -0.25) is 10.1 Å². The molecule has 2 heterocycles. The van der Waals surface area contributed by atoms with E-state index in [2.05, 4.69) is 20.8 Å². The van der Waals surface area contributed by atoms with Crippen LogP contribution in [0.4, 0.5) is 10.5 Å². The average Bonchev–Trinajstić information content (AvgIpc) is 3.21. The van der Waals surface area contributed by atoms with Gasteiger partial charge in [0.25, 0.3) is 0 Å². The highest BCUT2D eigenvalue weighted by molar-refractivity contribution is 7.99. The van der Waals surface area contributed by atoms with Crippen LogP contribution in [0, 0.1) is 20.8 Å². The van der Waals surface area contributed by atoms with E-state index in [1.165, 1.54) is 11.8 Å². The van der Waals surface area contributed by atoms with Gasteiger partial charge in [0.05, 0.1) is 17.6 Å². The number of benzene rings is 1. The van der Waals surface area contributed by atoms with Gasteiger partial charge >= 0.3 is 6.03 Å². The van der Waals surface area contributed by atoms with Crippen molar-refractivity contribution in [1.82, 2.24) is 20.1 Å². The zero-order valence-electron chi connectivity index (χ0n) is 16.1. The van der Waals surface area contributed by atoms with Gasteiger partial charge in [-0.25, -0.2) is 4.79 Å². The topological polar surface area (TPSA) is 102 Å². The molecule has 2 aromatic heterocycles. The van der Waals surface area contributed by atoms with E-state index in [0.29, 0.717) is 16.7 Å². The minimum absolute atomic E-state index is 0.0383. The molecule has 0 aliphatic heterocycles.